The van der Waals surface area contributed by atoms with Crippen molar-refractivity contribution in [3.8, 4) is 0 Å². The van der Waals surface area contributed by atoms with Crippen LogP contribution in [0.3, 0.4) is 0 Å². The summed E-state index contributed by atoms with van der Waals surface area (Å²) in [5.74, 6) is -2.73. The van der Waals surface area contributed by atoms with E-state index < -0.39 is 23.7 Å². The molecule has 0 aliphatic rings. The summed E-state index contributed by atoms with van der Waals surface area (Å²) in [4.78, 5) is 22.3. The molecule has 6 heteroatoms. The Bertz CT molecular complexity index is 422. The number of hydrogen-bond acceptors (Lipinski definition) is 3. The molecule has 0 heterocycles. The lowest BCUT2D eigenvalue weighted by Crippen LogP contribution is -2.44. The van der Waals surface area contributed by atoms with E-state index in [2.05, 4.69) is 10.1 Å². The molecular weight excluding hydrogens is 229 g/mol. The molecule has 0 fully saturated rings. The molecule has 0 bridgehead atoms. The van der Waals surface area contributed by atoms with Crippen LogP contribution in [-0.4, -0.2) is 36.7 Å². The van der Waals surface area contributed by atoms with Crippen molar-refractivity contribution < 1.29 is 23.8 Å². The highest BCUT2D eigenvalue weighted by atomic mass is 19.1. The maximum absolute atomic E-state index is 13.2. The molecule has 0 aliphatic heterocycles. The largest absolute Gasteiger partial charge is 0.480 e. The molecule has 1 aromatic carbocycles. The molecule has 17 heavy (non-hydrogen) atoms. The second-order valence-electron chi connectivity index (χ2n) is 3.30. The minimum atomic E-state index is -1.24. The molecule has 0 saturated carbocycles. The number of aliphatic carboxylic acids is 1. The van der Waals surface area contributed by atoms with Crippen molar-refractivity contribution in [2.24, 2.45) is 0 Å². The van der Waals surface area contributed by atoms with Gasteiger partial charge in [-0.1, -0.05) is 12.1 Å². The highest BCUT2D eigenvalue weighted by molar-refractivity contribution is 5.96. The van der Waals surface area contributed by atoms with Crippen LogP contribution < -0.4 is 5.32 Å². The second kappa shape index (κ2) is 5.95. The maximum Gasteiger partial charge on any atom is 0.328 e. The molecule has 1 amide bonds. The van der Waals surface area contributed by atoms with Crippen molar-refractivity contribution >= 4 is 11.9 Å². The molecule has 0 unspecified atom stereocenters. The molecule has 1 atom stereocenters. The summed E-state index contributed by atoms with van der Waals surface area (Å²) < 4.78 is 17.9. The van der Waals surface area contributed by atoms with Crippen molar-refractivity contribution in [2.45, 2.75) is 6.04 Å². The summed E-state index contributed by atoms with van der Waals surface area (Å²) in [7, 11) is 1.31. The monoisotopic (exact) mass is 241 g/mol. The Hall–Kier alpha value is -1.95. The van der Waals surface area contributed by atoms with E-state index in [0.717, 1.165) is 6.07 Å². The van der Waals surface area contributed by atoms with Gasteiger partial charge in [-0.3, -0.25) is 4.79 Å². The van der Waals surface area contributed by atoms with Crippen LogP contribution in [0.15, 0.2) is 24.3 Å². The number of ether oxygens (including phenoxy) is 1. The van der Waals surface area contributed by atoms with Gasteiger partial charge in [-0.05, 0) is 12.1 Å². The number of halogens is 1. The third-order valence-corrected chi connectivity index (χ3v) is 2.06. The SMILES string of the molecule is COC[C@H](NC(=O)c1ccccc1F)C(=O)O. The lowest BCUT2D eigenvalue weighted by Gasteiger charge is -2.13. The number of methoxy groups -OCH3 is 1. The summed E-state index contributed by atoms with van der Waals surface area (Å²) >= 11 is 0. The Morgan fingerprint density at radius 3 is 2.65 bits per heavy atom. The molecule has 0 spiro atoms. The number of benzene rings is 1. The van der Waals surface area contributed by atoms with Crippen LogP contribution in [-0.2, 0) is 9.53 Å². The van der Waals surface area contributed by atoms with Gasteiger partial charge in [0.2, 0.25) is 0 Å². The first-order chi connectivity index (χ1) is 8.06. The minimum Gasteiger partial charge on any atom is -0.480 e. The summed E-state index contributed by atoms with van der Waals surface area (Å²) in [6.07, 6.45) is 0. The van der Waals surface area contributed by atoms with Crippen LogP contribution in [0, 0.1) is 5.82 Å². The van der Waals surface area contributed by atoms with Crippen molar-refractivity contribution in [1.82, 2.24) is 5.32 Å². The van der Waals surface area contributed by atoms with Gasteiger partial charge in [0.1, 0.15) is 5.82 Å². The highest BCUT2D eigenvalue weighted by Crippen LogP contribution is 2.06. The lowest BCUT2D eigenvalue weighted by molar-refractivity contribution is -0.140. The van der Waals surface area contributed by atoms with Gasteiger partial charge in [0.15, 0.2) is 6.04 Å². The van der Waals surface area contributed by atoms with E-state index in [0.29, 0.717) is 0 Å². The first kappa shape index (κ1) is 13.1. The van der Waals surface area contributed by atoms with Crippen LogP contribution in [0.2, 0.25) is 0 Å². The van der Waals surface area contributed by atoms with E-state index in [1.165, 1.54) is 25.3 Å². The molecule has 1 aromatic rings. The lowest BCUT2D eigenvalue weighted by atomic mass is 10.2. The average molecular weight is 241 g/mol. The first-order valence-corrected chi connectivity index (χ1v) is 4.83. The third-order valence-electron chi connectivity index (χ3n) is 2.06. The van der Waals surface area contributed by atoms with Gasteiger partial charge in [-0.25, -0.2) is 9.18 Å². The molecular formula is C11H12FNO4. The Morgan fingerprint density at radius 1 is 1.47 bits per heavy atom. The molecule has 92 valence electrons. The van der Waals surface area contributed by atoms with E-state index >= 15 is 0 Å². The molecule has 2 N–H and O–H groups in total. The van der Waals surface area contributed by atoms with Gasteiger partial charge in [0.05, 0.1) is 12.2 Å². The van der Waals surface area contributed by atoms with Gasteiger partial charge < -0.3 is 15.2 Å². The molecule has 0 aliphatic carbocycles. The summed E-state index contributed by atoms with van der Waals surface area (Å²) in [5.41, 5.74) is -0.199. The van der Waals surface area contributed by atoms with E-state index in [-0.39, 0.29) is 12.2 Å². The van der Waals surface area contributed by atoms with Gasteiger partial charge in [-0.15, -0.1) is 0 Å². The summed E-state index contributed by atoms with van der Waals surface area (Å²) in [6.45, 7) is -0.185. The Labute approximate surface area is 97.2 Å². The number of carboxylic acids is 1. The molecule has 0 aromatic heterocycles. The Kier molecular flexibility index (Phi) is 4.59. The van der Waals surface area contributed by atoms with E-state index in [1.807, 2.05) is 0 Å². The summed E-state index contributed by atoms with van der Waals surface area (Å²) in [6, 6.07) is 4.13. The van der Waals surface area contributed by atoms with E-state index in [4.69, 9.17) is 5.11 Å². The van der Waals surface area contributed by atoms with Crippen LogP contribution in [0.25, 0.3) is 0 Å². The van der Waals surface area contributed by atoms with Gasteiger partial charge in [-0.2, -0.15) is 0 Å². The average Bonchev–Trinajstić information content (AvgIpc) is 2.28. The van der Waals surface area contributed by atoms with Crippen molar-refractivity contribution in [3.63, 3.8) is 0 Å². The zero-order valence-electron chi connectivity index (χ0n) is 9.14. The Morgan fingerprint density at radius 2 is 2.12 bits per heavy atom. The van der Waals surface area contributed by atoms with Crippen molar-refractivity contribution in [1.29, 1.82) is 0 Å². The predicted molar refractivity (Wildman–Crippen MR) is 57.2 cm³/mol. The van der Waals surface area contributed by atoms with Crippen molar-refractivity contribution in [3.05, 3.63) is 35.6 Å². The number of nitrogens with one attached hydrogen (secondary N) is 1. The molecule has 5 nitrogen and oxygen atoms in total. The highest BCUT2D eigenvalue weighted by Gasteiger charge is 2.21. The number of rotatable bonds is 5. The minimum absolute atomic E-state index is 0.185. The fraction of sp³-hybridized carbons (Fsp3) is 0.273. The number of carboxylic acid groups (broad SMARTS) is 1. The quantitative estimate of drug-likeness (QED) is 0.793. The zero-order valence-corrected chi connectivity index (χ0v) is 9.14. The smallest absolute Gasteiger partial charge is 0.328 e. The van der Waals surface area contributed by atoms with Crippen LogP contribution in [0.5, 0.6) is 0 Å². The van der Waals surface area contributed by atoms with Crippen LogP contribution in [0.1, 0.15) is 10.4 Å². The van der Waals surface area contributed by atoms with Crippen LogP contribution in [0.4, 0.5) is 4.39 Å². The predicted octanol–water partition coefficient (Wildman–Crippen LogP) is 0.655. The van der Waals surface area contributed by atoms with E-state index in [1.54, 1.807) is 0 Å². The number of hydrogen-bond donors (Lipinski definition) is 2. The van der Waals surface area contributed by atoms with E-state index in [9.17, 15) is 14.0 Å². The fourth-order valence-electron chi connectivity index (χ4n) is 1.22. The van der Waals surface area contributed by atoms with Gasteiger partial charge >= 0.3 is 5.97 Å². The normalized spacial score (nSPS) is 11.9. The topological polar surface area (TPSA) is 75.6 Å². The number of amides is 1. The fourth-order valence-corrected chi connectivity index (χ4v) is 1.22. The number of carbonyl (C=O) groups is 2. The first-order valence-electron chi connectivity index (χ1n) is 4.83. The number of carbonyl (C=O) groups excluding carboxylic acids is 1. The van der Waals surface area contributed by atoms with Gasteiger partial charge in [0.25, 0.3) is 5.91 Å². The third kappa shape index (κ3) is 3.53. The summed E-state index contributed by atoms with van der Waals surface area (Å²) in [5, 5.41) is 11.0. The molecule has 1 rings (SSSR count). The second-order valence-corrected chi connectivity index (χ2v) is 3.30. The molecule has 0 radical (unpaired) electrons. The van der Waals surface area contributed by atoms with Crippen molar-refractivity contribution in [2.75, 3.05) is 13.7 Å². The maximum atomic E-state index is 13.2. The molecule has 0 saturated heterocycles. The zero-order chi connectivity index (χ0) is 12.8. The van der Waals surface area contributed by atoms with Crippen LogP contribution >= 0.6 is 0 Å². The standard InChI is InChI=1S/C11H12FNO4/c1-17-6-9(11(15)16)13-10(14)7-4-2-3-5-8(7)12/h2-5,9H,6H2,1H3,(H,13,14)(H,15,16)/t9-/m0/s1. The van der Waals surface area contributed by atoms with Gasteiger partial charge in [0, 0.05) is 7.11 Å². The Balaban J connectivity index is 2.77.